The number of nitrogens with zero attached hydrogens (tertiary/aromatic N) is 2. The van der Waals surface area contributed by atoms with E-state index in [0.29, 0.717) is 16.6 Å². The minimum atomic E-state index is -0.665. The number of hydrogen-bond donors (Lipinski definition) is 3. The molecule has 2 heterocycles. The van der Waals surface area contributed by atoms with Gasteiger partial charge in [0.05, 0.1) is 29.3 Å². The summed E-state index contributed by atoms with van der Waals surface area (Å²) in [6.45, 7) is 0. The highest BCUT2D eigenvalue weighted by Gasteiger charge is 2.21. The molecule has 0 amide bonds. The molecule has 110 valence electrons. The third-order valence-corrected chi connectivity index (χ3v) is 3.38. The number of hydrogen-bond acceptors (Lipinski definition) is 5. The summed E-state index contributed by atoms with van der Waals surface area (Å²) in [5, 5.41) is 14.7. The SMILES string of the molecule is COC(=O)c1c(N)c(C#N)cn1-c1ccc2[nH][nH]c(=O)c2c1. The average molecular weight is 297 g/mol. The second-order valence-corrected chi connectivity index (χ2v) is 4.59. The molecule has 0 unspecified atom stereocenters. The van der Waals surface area contributed by atoms with Gasteiger partial charge in [-0.05, 0) is 18.2 Å². The van der Waals surface area contributed by atoms with E-state index in [9.17, 15) is 9.59 Å². The Kier molecular flexibility index (Phi) is 2.96. The van der Waals surface area contributed by atoms with Crippen LogP contribution in [0.15, 0.2) is 29.2 Å². The van der Waals surface area contributed by atoms with Crippen LogP contribution in [0.1, 0.15) is 16.1 Å². The molecule has 0 aliphatic heterocycles. The molecule has 1 aromatic carbocycles. The fraction of sp³-hybridized carbons (Fsp3) is 0.0714. The molecule has 3 rings (SSSR count). The van der Waals surface area contributed by atoms with Crippen molar-refractivity contribution >= 4 is 22.6 Å². The molecule has 0 spiro atoms. The van der Waals surface area contributed by atoms with E-state index >= 15 is 0 Å². The molecule has 3 aromatic rings. The van der Waals surface area contributed by atoms with Gasteiger partial charge in [-0.15, -0.1) is 0 Å². The lowest BCUT2D eigenvalue weighted by Crippen LogP contribution is -2.11. The standard InChI is InChI=1S/C14H11N5O3/c1-22-14(21)12-11(16)7(5-15)6-19(12)8-2-3-10-9(4-8)13(20)18-17-10/h2-4,6H,16H2,1H3,(H2,17,18,20). The maximum atomic E-state index is 11.9. The van der Waals surface area contributed by atoms with Gasteiger partial charge in [-0.25, -0.2) is 4.79 Å². The number of anilines is 1. The lowest BCUT2D eigenvalue weighted by Gasteiger charge is -2.08. The highest BCUT2D eigenvalue weighted by atomic mass is 16.5. The summed E-state index contributed by atoms with van der Waals surface area (Å²) >= 11 is 0. The van der Waals surface area contributed by atoms with Crippen LogP contribution in [0.2, 0.25) is 0 Å². The number of rotatable bonds is 2. The van der Waals surface area contributed by atoms with Crippen LogP contribution >= 0.6 is 0 Å². The molecule has 0 aliphatic rings. The highest BCUT2D eigenvalue weighted by Crippen LogP contribution is 2.25. The first-order valence-electron chi connectivity index (χ1n) is 6.27. The first kappa shape index (κ1) is 13.5. The Hall–Kier alpha value is -3.47. The van der Waals surface area contributed by atoms with Gasteiger partial charge in [-0.1, -0.05) is 0 Å². The number of carbonyl (C=O) groups is 1. The minimum Gasteiger partial charge on any atom is -0.464 e. The number of nitrogen functional groups attached to an aromatic ring is 1. The second kappa shape index (κ2) is 4.82. The number of ether oxygens (including phenoxy) is 1. The van der Waals surface area contributed by atoms with Crippen molar-refractivity contribution in [3.05, 3.63) is 46.0 Å². The zero-order valence-electron chi connectivity index (χ0n) is 11.5. The number of H-pyrrole nitrogens is 2. The van der Waals surface area contributed by atoms with E-state index < -0.39 is 5.97 Å². The lowest BCUT2D eigenvalue weighted by molar-refractivity contribution is 0.0593. The number of carbonyl (C=O) groups excluding carboxylic acids is 1. The van der Waals surface area contributed by atoms with Crippen LogP contribution in [0.25, 0.3) is 16.6 Å². The van der Waals surface area contributed by atoms with Crippen LogP contribution < -0.4 is 11.3 Å². The normalized spacial score (nSPS) is 10.5. The molecular formula is C14H11N5O3. The van der Waals surface area contributed by atoms with Crippen molar-refractivity contribution in [1.29, 1.82) is 5.26 Å². The second-order valence-electron chi connectivity index (χ2n) is 4.59. The number of esters is 1. The maximum absolute atomic E-state index is 11.9. The van der Waals surface area contributed by atoms with E-state index in [4.69, 9.17) is 15.7 Å². The van der Waals surface area contributed by atoms with E-state index in [1.54, 1.807) is 18.2 Å². The molecule has 0 aliphatic carbocycles. The number of aromatic amines is 2. The number of nitrogens with two attached hydrogens (primary N) is 1. The number of benzene rings is 1. The molecule has 8 heteroatoms. The Morgan fingerprint density at radius 2 is 2.18 bits per heavy atom. The summed E-state index contributed by atoms with van der Waals surface area (Å²) in [6.07, 6.45) is 1.43. The summed E-state index contributed by atoms with van der Waals surface area (Å²) in [7, 11) is 1.23. The van der Waals surface area contributed by atoms with Crippen LogP contribution in [0, 0.1) is 11.3 Å². The summed E-state index contributed by atoms with van der Waals surface area (Å²) < 4.78 is 6.15. The fourth-order valence-electron chi connectivity index (χ4n) is 2.29. The Balaban J connectivity index is 2.30. The van der Waals surface area contributed by atoms with Crippen LogP contribution in [-0.2, 0) is 4.74 Å². The van der Waals surface area contributed by atoms with Crippen LogP contribution in [0.3, 0.4) is 0 Å². The quantitative estimate of drug-likeness (QED) is 0.605. The van der Waals surface area contributed by atoms with E-state index in [2.05, 4.69) is 10.2 Å². The summed E-state index contributed by atoms with van der Waals surface area (Å²) in [6, 6.07) is 6.90. The molecule has 0 saturated heterocycles. The third-order valence-electron chi connectivity index (χ3n) is 3.38. The zero-order valence-corrected chi connectivity index (χ0v) is 11.5. The van der Waals surface area contributed by atoms with Gasteiger partial charge in [0.1, 0.15) is 6.07 Å². The minimum absolute atomic E-state index is 0.0393. The van der Waals surface area contributed by atoms with Crippen molar-refractivity contribution in [1.82, 2.24) is 14.8 Å². The van der Waals surface area contributed by atoms with Gasteiger partial charge in [0.15, 0.2) is 5.69 Å². The lowest BCUT2D eigenvalue weighted by atomic mass is 10.2. The molecule has 8 nitrogen and oxygen atoms in total. The van der Waals surface area contributed by atoms with E-state index in [1.165, 1.54) is 17.9 Å². The fourth-order valence-corrected chi connectivity index (χ4v) is 2.29. The number of nitriles is 1. The van der Waals surface area contributed by atoms with Crippen LogP contribution in [0.5, 0.6) is 0 Å². The predicted molar refractivity (Wildman–Crippen MR) is 78.7 cm³/mol. The largest absolute Gasteiger partial charge is 0.464 e. The molecule has 0 atom stereocenters. The van der Waals surface area contributed by atoms with Gasteiger partial charge in [0, 0.05) is 11.9 Å². The van der Waals surface area contributed by atoms with Gasteiger partial charge in [0.2, 0.25) is 0 Å². The highest BCUT2D eigenvalue weighted by molar-refractivity contribution is 5.96. The van der Waals surface area contributed by atoms with Crippen LogP contribution in [-0.4, -0.2) is 27.8 Å². The third kappa shape index (κ3) is 1.84. The number of nitrogens with one attached hydrogen (secondary N) is 2. The molecule has 4 N–H and O–H groups in total. The molecule has 2 aromatic heterocycles. The van der Waals surface area contributed by atoms with E-state index in [0.717, 1.165) is 0 Å². The van der Waals surface area contributed by atoms with E-state index in [-0.39, 0.29) is 22.5 Å². The first-order valence-corrected chi connectivity index (χ1v) is 6.27. The Bertz CT molecular complexity index is 986. The Morgan fingerprint density at radius 3 is 2.86 bits per heavy atom. The molecule has 22 heavy (non-hydrogen) atoms. The summed E-state index contributed by atoms with van der Waals surface area (Å²) in [5.41, 5.74) is 6.95. The smallest absolute Gasteiger partial charge is 0.357 e. The van der Waals surface area contributed by atoms with Crippen molar-refractivity contribution in [3.8, 4) is 11.8 Å². The molecular weight excluding hydrogens is 286 g/mol. The van der Waals surface area contributed by atoms with Gasteiger partial charge in [-0.3, -0.25) is 15.0 Å². The molecule has 0 saturated carbocycles. The van der Waals surface area contributed by atoms with Gasteiger partial charge in [0.25, 0.3) is 5.56 Å². The first-order chi connectivity index (χ1) is 10.6. The molecule has 0 radical (unpaired) electrons. The van der Waals surface area contributed by atoms with Crippen molar-refractivity contribution in [3.63, 3.8) is 0 Å². The number of methoxy groups -OCH3 is 1. The monoisotopic (exact) mass is 297 g/mol. The maximum Gasteiger partial charge on any atom is 0.357 e. The Morgan fingerprint density at radius 1 is 1.41 bits per heavy atom. The number of aromatic nitrogens is 3. The zero-order chi connectivity index (χ0) is 15.9. The Labute approximate surface area is 123 Å². The molecule has 0 fully saturated rings. The van der Waals surface area contributed by atoms with Crippen molar-refractivity contribution in [2.75, 3.05) is 12.8 Å². The average Bonchev–Trinajstić information content (AvgIpc) is 3.07. The van der Waals surface area contributed by atoms with Crippen LogP contribution in [0.4, 0.5) is 5.69 Å². The van der Waals surface area contributed by atoms with Crippen molar-refractivity contribution in [2.24, 2.45) is 0 Å². The predicted octanol–water partition coefficient (Wildman–Crippen LogP) is 0.887. The van der Waals surface area contributed by atoms with Crippen molar-refractivity contribution in [2.45, 2.75) is 0 Å². The van der Waals surface area contributed by atoms with E-state index in [1.807, 2.05) is 6.07 Å². The van der Waals surface area contributed by atoms with Crippen molar-refractivity contribution < 1.29 is 9.53 Å². The molecule has 0 bridgehead atoms. The summed E-state index contributed by atoms with van der Waals surface area (Å²) in [4.78, 5) is 23.6. The van der Waals surface area contributed by atoms with Gasteiger partial charge < -0.3 is 15.0 Å². The van der Waals surface area contributed by atoms with Gasteiger partial charge >= 0.3 is 5.97 Å². The topological polar surface area (TPSA) is 130 Å². The van der Waals surface area contributed by atoms with Gasteiger partial charge in [-0.2, -0.15) is 5.26 Å². The summed E-state index contributed by atoms with van der Waals surface area (Å²) in [5.74, 6) is -0.665. The number of fused-ring (bicyclic) bond motifs is 1.